The van der Waals surface area contributed by atoms with E-state index in [1.54, 1.807) is 0 Å². The van der Waals surface area contributed by atoms with Crippen molar-refractivity contribution in [2.24, 2.45) is 4.99 Å². The average molecular weight is 279 g/mol. The van der Waals surface area contributed by atoms with E-state index in [-0.39, 0.29) is 21.5 Å². The molecule has 0 spiro atoms. The molecule has 0 atom stereocenters. The molecule has 0 aliphatic rings. The van der Waals surface area contributed by atoms with Crippen molar-refractivity contribution in [3.05, 3.63) is 35.9 Å². The van der Waals surface area contributed by atoms with E-state index < -0.39 is 16.1 Å². The van der Waals surface area contributed by atoms with Crippen molar-refractivity contribution in [2.45, 2.75) is 4.90 Å². The molecule has 0 heterocycles. The Balaban J connectivity index is 2.91. The van der Waals surface area contributed by atoms with Crippen LogP contribution in [0.3, 0.4) is 0 Å². The maximum absolute atomic E-state index is 11.4. The Kier molecular flexibility index (Phi) is 3.09. The molecule has 7 heteroatoms. The van der Waals surface area contributed by atoms with Crippen LogP contribution in [0, 0.1) is 0 Å². The first kappa shape index (κ1) is 13.2. The van der Waals surface area contributed by atoms with E-state index in [2.05, 4.69) is 11.7 Å². The zero-order valence-corrected chi connectivity index (χ0v) is 10.4. The number of carboxylic acid groups (broad SMARTS) is 1. The summed E-state index contributed by atoms with van der Waals surface area (Å²) in [7, 11) is -4.49. The molecule has 0 aliphatic heterocycles. The lowest BCUT2D eigenvalue weighted by atomic mass is 10.1. The second kappa shape index (κ2) is 4.45. The normalized spacial score (nSPS) is 11.4. The highest BCUT2D eigenvalue weighted by Crippen LogP contribution is 2.32. The number of rotatable bonds is 3. The van der Waals surface area contributed by atoms with E-state index >= 15 is 0 Å². The lowest BCUT2D eigenvalue weighted by molar-refractivity contribution is 0.0697. The summed E-state index contributed by atoms with van der Waals surface area (Å²) in [6.07, 6.45) is 0. The van der Waals surface area contributed by atoms with E-state index in [4.69, 9.17) is 5.11 Å². The summed E-state index contributed by atoms with van der Waals surface area (Å²) < 4.78 is 32.0. The summed E-state index contributed by atoms with van der Waals surface area (Å²) in [6, 6.07) is 6.76. The minimum absolute atomic E-state index is 0.0121. The molecule has 0 radical (unpaired) electrons. The van der Waals surface area contributed by atoms with Crippen molar-refractivity contribution >= 4 is 39.3 Å². The smallest absolute Gasteiger partial charge is 0.335 e. The molecule has 0 amide bonds. The third kappa shape index (κ3) is 2.33. The van der Waals surface area contributed by atoms with Crippen LogP contribution in [0.5, 0.6) is 0 Å². The standard InChI is InChI=1S/C12H9NO5S/c1-13-10-5-3-7-6-8(12(14)15)2-4-9(7)11(10)19(16,17)18/h2-6H,1H2,(H,14,15)(H,16,17,18). The number of carboxylic acids is 1. The molecule has 98 valence electrons. The fourth-order valence-corrected chi connectivity index (χ4v) is 2.68. The molecule has 0 bridgehead atoms. The van der Waals surface area contributed by atoms with Gasteiger partial charge in [-0.05, 0) is 30.3 Å². The molecule has 2 aromatic carbocycles. The van der Waals surface area contributed by atoms with Crippen LogP contribution >= 0.6 is 0 Å². The topological polar surface area (TPSA) is 104 Å². The Bertz CT molecular complexity index is 795. The van der Waals surface area contributed by atoms with Crippen molar-refractivity contribution < 1.29 is 22.9 Å². The second-order valence-corrected chi connectivity index (χ2v) is 5.15. The first-order chi connectivity index (χ1) is 8.84. The molecule has 0 aromatic heterocycles. The highest BCUT2D eigenvalue weighted by atomic mass is 32.2. The van der Waals surface area contributed by atoms with Gasteiger partial charge >= 0.3 is 5.97 Å². The van der Waals surface area contributed by atoms with Crippen LogP contribution in [0.1, 0.15) is 10.4 Å². The van der Waals surface area contributed by atoms with Crippen LogP contribution in [-0.2, 0) is 10.1 Å². The third-order valence-corrected chi connectivity index (χ3v) is 3.57. The van der Waals surface area contributed by atoms with Crippen LogP contribution < -0.4 is 0 Å². The molecule has 2 aromatic rings. The van der Waals surface area contributed by atoms with Gasteiger partial charge in [0, 0.05) is 5.39 Å². The van der Waals surface area contributed by atoms with Gasteiger partial charge in [-0.2, -0.15) is 8.42 Å². The van der Waals surface area contributed by atoms with Gasteiger partial charge < -0.3 is 5.11 Å². The summed E-state index contributed by atoms with van der Waals surface area (Å²) >= 11 is 0. The van der Waals surface area contributed by atoms with Crippen molar-refractivity contribution in [3.8, 4) is 0 Å². The van der Waals surface area contributed by atoms with Gasteiger partial charge in [0.1, 0.15) is 4.90 Å². The minimum Gasteiger partial charge on any atom is -0.478 e. The van der Waals surface area contributed by atoms with Gasteiger partial charge in [0.2, 0.25) is 0 Å². The van der Waals surface area contributed by atoms with Crippen LogP contribution in [0.2, 0.25) is 0 Å². The Morgan fingerprint density at radius 2 is 1.89 bits per heavy atom. The average Bonchev–Trinajstić information content (AvgIpc) is 2.35. The molecule has 0 fully saturated rings. The number of hydrogen-bond donors (Lipinski definition) is 2. The monoisotopic (exact) mass is 279 g/mol. The lowest BCUT2D eigenvalue weighted by Gasteiger charge is -2.07. The largest absolute Gasteiger partial charge is 0.478 e. The minimum atomic E-state index is -4.49. The van der Waals surface area contributed by atoms with Crippen molar-refractivity contribution in [3.63, 3.8) is 0 Å². The first-order valence-corrected chi connectivity index (χ1v) is 6.53. The summed E-state index contributed by atoms with van der Waals surface area (Å²) in [6.45, 7) is 3.24. The molecule has 19 heavy (non-hydrogen) atoms. The van der Waals surface area contributed by atoms with Gasteiger partial charge in [-0.15, -0.1) is 0 Å². The molecule has 0 saturated heterocycles. The first-order valence-electron chi connectivity index (χ1n) is 5.09. The predicted octanol–water partition coefficient (Wildman–Crippen LogP) is 2.12. The van der Waals surface area contributed by atoms with E-state index in [1.165, 1.54) is 30.3 Å². The fraction of sp³-hybridized carbons (Fsp3) is 0. The number of nitrogens with zero attached hydrogens (tertiary/aromatic N) is 1. The van der Waals surface area contributed by atoms with Crippen molar-refractivity contribution in [1.29, 1.82) is 0 Å². The second-order valence-electron chi connectivity index (χ2n) is 3.79. The molecule has 0 aliphatic carbocycles. The molecular weight excluding hydrogens is 270 g/mol. The Labute approximate surface area is 108 Å². The molecule has 6 nitrogen and oxygen atoms in total. The van der Waals surface area contributed by atoms with E-state index in [1.807, 2.05) is 0 Å². The molecule has 0 unspecified atom stereocenters. The SMILES string of the molecule is C=Nc1ccc2cc(C(=O)O)ccc2c1S(=O)(=O)O. The van der Waals surface area contributed by atoms with E-state index in [0.717, 1.165) is 0 Å². The van der Waals surface area contributed by atoms with Crippen molar-refractivity contribution in [2.75, 3.05) is 0 Å². The molecular formula is C12H9NO5S. The highest BCUT2D eigenvalue weighted by molar-refractivity contribution is 7.86. The maximum Gasteiger partial charge on any atom is 0.335 e. The fourth-order valence-electron chi connectivity index (χ4n) is 1.82. The van der Waals surface area contributed by atoms with Crippen LogP contribution in [-0.4, -0.2) is 30.8 Å². The molecule has 0 saturated carbocycles. The van der Waals surface area contributed by atoms with Crippen molar-refractivity contribution in [1.82, 2.24) is 0 Å². The maximum atomic E-state index is 11.4. The van der Waals surface area contributed by atoms with E-state index in [9.17, 15) is 17.8 Å². The van der Waals surface area contributed by atoms with Gasteiger partial charge in [-0.25, -0.2) is 4.79 Å². The number of benzene rings is 2. The summed E-state index contributed by atoms with van der Waals surface area (Å²) in [5, 5.41) is 9.45. The Morgan fingerprint density at radius 1 is 1.21 bits per heavy atom. The summed E-state index contributed by atoms with van der Waals surface area (Å²) in [5.41, 5.74) is 0.0335. The van der Waals surface area contributed by atoms with Crippen LogP contribution in [0.25, 0.3) is 10.8 Å². The number of hydrogen-bond acceptors (Lipinski definition) is 4. The molecule has 2 N–H and O–H groups in total. The Morgan fingerprint density at radius 3 is 2.42 bits per heavy atom. The summed E-state index contributed by atoms with van der Waals surface area (Å²) in [5.74, 6) is -1.12. The predicted molar refractivity (Wildman–Crippen MR) is 69.9 cm³/mol. The van der Waals surface area contributed by atoms with Crippen LogP contribution in [0.15, 0.2) is 40.2 Å². The number of aromatic carboxylic acids is 1. The zero-order chi connectivity index (χ0) is 14.2. The quantitative estimate of drug-likeness (QED) is 0.661. The van der Waals surface area contributed by atoms with Gasteiger partial charge in [0.15, 0.2) is 0 Å². The number of fused-ring (bicyclic) bond motifs is 1. The Hall–Kier alpha value is -2.25. The lowest BCUT2D eigenvalue weighted by Crippen LogP contribution is -2.01. The third-order valence-electron chi connectivity index (χ3n) is 2.62. The van der Waals surface area contributed by atoms with E-state index in [0.29, 0.717) is 5.39 Å². The van der Waals surface area contributed by atoms with Gasteiger partial charge in [0.25, 0.3) is 10.1 Å². The number of carbonyl (C=O) groups is 1. The van der Waals surface area contributed by atoms with Gasteiger partial charge in [0.05, 0.1) is 11.3 Å². The van der Waals surface area contributed by atoms with Gasteiger partial charge in [-0.3, -0.25) is 9.55 Å². The highest BCUT2D eigenvalue weighted by Gasteiger charge is 2.19. The summed E-state index contributed by atoms with van der Waals surface area (Å²) in [4.78, 5) is 14.0. The number of aliphatic imine (C=N–C) groups is 1. The van der Waals surface area contributed by atoms with Gasteiger partial charge in [-0.1, -0.05) is 12.1 Å². The molecule has 2 rings (SSSR count). The van der Waals surface area contributed by atoms with Crippen LogP contribution in [0.4, 0.5) is 5.69 Å². The zero-order valence-electron chi connectivity index (χ0n) is 9.57.